The first-order chi connectivity index (χ1) is 16.8. The lowest BCUT2D eigenvalue weighted by molar-refractivity contribution is 1.18. The van der Waals surface area contributed by atoms with Gasteiger partial charge in [-0.05, 0) is 29.7 Å². The average molecular weight is 455 g/mol. The third-order valence-corrected chi connectivity index (χ3v) is 6.86. The Kier molecular flexibility index (Phi) is 4.23. The normalized spacial score (nSPS) is 11.7. The van der Waals surface area contributed by atoms with Gasteiger partial charge in [0.1, 0.15) is 0 Å². The molecule has 2 heterocycles. The van der Waals surface area contributed by atoms with E-state index in [4.69, 9.17) is 16.6 Å². The summed E-state index contributed by atoms with van der Waals surface area (Å²) >= 11 is 6.48. The van der Waals surface area contributed by atoms with E-state index in [0.717, 1.165) is 49.3 Å². The van der Waals surface area contributed by atoms with Crippen molar-refractivity contribution in [2.75, 3.05) is 0 Å². The molecule has 7 aromatic rings. The van der Waals surface area contributed by atoms with Gasteiger partial charge in [0.2, 0.25) is 0 Å². The summed E-state index contributed by atoms with van der Waals surface area (Å²) < 4.78 is 2.30. The number of fused-ring (bicyclic) bond motifs is 7. The Hall–Kier alpha value is -4.14. The molecule has 0 N–H and O–H groups in total. The quantitative estimate of drug-likeness (QED) is 0.238. The van der Waals surface area contributed by atoms with Crippen molar-refractivity contribution in [2.24, 2.45) is 0 Å². The summed E-state index contributed by atoms with van der Waals surface area (Å²) in [6.07, 6.45) is 0. The Morgan fingerprint density at radius 2 is 1.21 bits per heavy atom. The summed E-state index contributed by atoms with van der Waals surface area (Å²) in [7, 11) is 0. The highest BCUT2D eigenvalue weighted by Gasteiger charge is 2.19. The molecule has 0 bridgehead atoms. The van der Waals surface area contributed by atoms with E-state index in [2.05, 4.69) is 102 Å². The molecular formula is C31H19ClN2. The number of aromatic nitrogens is 2. The van der Waals surface area contributed by atoms with Crippen LogP contribution in [-0.4, -0.2) is 9.55 Å². The standard InChI is InChI=1S/C31H19ClN2/c32-21-15-16-24-27-18-17-26-23-13-7-8-14-25(23)29(20-9-3-1-4-10-20)33-30(26)31(27)34(28(24)19-21)22-11-5-2-6-12-22/h1-19H. The highest BCUT2D eigenvalue weighted by molar-refractivity contribution is 6.32. The summed E-state index contributed by atoms with van der Waals surface area (Å²) in [5.74, 6) is 0. The van der Waals surface area contributed by atoms with E-state index >= 15 is 0 Å². The topological polar surface area (TPSA) is 17.8 Å². The van der Waals surface area contributed by atoms with Gasteiger partial charge in [0.05, 0.1) is 22.2 Å². The van der Waals surface area contributed by atoms with Crippen molar-refractivity contribution in [1.29, 1.82) is 0 Å². The molecule has 160 valence electrons. The number of hydrogen-bond acceptors (Lipinski definition) is 1. The molecule has 0 aliphatic carbocycles. The molecule has 0 aliphatic heterocycles. The predicted octanol–water partition coefficient (Wildman–Crippen LogP) is 8.81. The lowest BCUT2D eigenvalue weighted by Crippen LogP contribution is -1.96. The minimum atomic E-state index is 0.722. The highest BCUT2D eigenvalue weighted by Crippen LogP contribution is 2.40. The van der Waals surface area contributed by atoms with Crippen molar-refractivity contribution in [3.63, 3.8) is 0 Å². The summed E-state index contributed by atoms with van der Waals surface area (Å²) in [4.78, 5) is 5.35. The molecule has 0 aliphatic rings. The van der Waals surface area contributed by atoms with E-state index in [-0.39, 0.29) is 0 Å². The van der Waals surface area contributed by atoms with E-state index in [1.165, 1.54) is 16.2 Å². The lowest BCUT2D eigenvalue weighted by Gasteiger charge is -2.13. The van der Waals surface area contributed by atoms with Crippen LogP contribution in [0.4, 0.5) is 0 Å². The van der Waals surface area contributed by atoms with Crippen molar-refractivity contribution in [1.82, 2.24) is 9.55 Å². The summed E-state index contributed by atoms with van der Waals surface area (Å²) in [6, 6.07) is 40.0. The first-order valence-corrected chi connectivity index (χ1v) is 11.7. The molecule has 0 fully saturated rings. The minimum absolute atomic E-state index is 0.722. The largest absolute Gasteiger partial charge is 0.307 e. The van der Waals surface area contributed by atoms with Crippen LogP contribution in [-0.2, 0) is 0 Å². The van der Waals surface area contributed by atoms with E-state index < -0.39 is 0 Å². The molecule has 34 heavy (non-hydrogen) atoms. The van der Waals surface area contributed by atoms with Crippen LogP contribution in [0, 0.1) is 0 Å². The molecule has 0 saturated carbocycles. The summed E-state index contributed by atoms with van der Waals surface area (Å²) in [5.41, 5.74) is 6.38. The third-order valence-electron chi connectivity index (χ3n) is 6.62. The van der Waals surface area contributed by atoms with Gasteiger partial charge in [-0.2, -0.15) is 0 Å². The smallest absolute Gasteiger partial charge is 0.0962 e. The van der Waals surface area contributed by atoms with Gasteiger partial charge in [0.25, 0.3) is 0 Å². The number of para-hydroxylation sites is 1. The summed E-state index contributed by atoms with van der Waals surface area (Å²) in [6.45, 7) is 0. The number of hydrogen-bond donors (Lipinski definition) is 0. The van der Waals surface area contributed by atoms with Crippen molar-refractivity contribution in [3.8, 4) is 16.9 Å². The second kappa shape index (κ2) is 7.44. The SMILES string of the molecule is Clc1ccc2c3ccc4c5ccccc5c(-c5ccccc5)nc4c3n(-c3ccccc3)c2c1. The molecule has 0 unspecified atom stereocenters. The van der Waals surface area contributed by atoms with E-state index in [1.807, 2.05) is 18.2 Å². The van der Waals surface area contributed by atoms with Crippen molar-refractivity contribution in [3.05, 3.63) is 120 Å². The third kappa shape index (κ3) is 2.79. The van der Waals surface area contributed by atoms with Crippen molar-refractivity contribution in [2.45, 2.75) is 0 Å². The lowest BCUT2D eigenvalue weighted by atomic mass is 9.99. The second-order valence-corrected chi connectivity index (χ2v) is 9.00. The Labute approximate surface area is 201 Å². The predicted molar refractivity (Wildman–Crippen MR) is 144 cm³/mol. The van der Waals surface area contributed by atoms with Gasteiger partial charge in [0.15, 0.2) is 0 Å². The molecule has 0 spiro atoms. The molecule has 5 aromatic carbocycles. The molecule has 3 heteroatoms. The monoisotopic (exact) mass is 454 g/mol. The van der Waals surface area contributed by atoms with E-state index in [9.17, 15) is 0 Å². The van der Waals surface area contributed by atoms with Gasteiger partial charge in [0, 0.05) is 37.8 Å². The highest BCUT2D eigenvalue weighted by atomic mass is 35.5. The van der Waals surface area contributed by atoms with Gasteiger partial charge in [-0.1, -0.05) is 103 Å². The van der Waals surface area contributed by atoms with Crippen molar-refractivity contribution >= 4 is 55.1 Å². The number of nitrogens with zero attached hydrogens (tertiary/aromatic N) is 2. The number of halogens is 1. The fraction of sp³-hybridized carbons (Fsp3) is 0. The van der Waals surface area contributed by atoms with Crippen LogP contribution in [0.1, 0.15) is 0 Å². The number of benzene rings is 5. The molecule has 7 rings (SSSR count). The van der Waals surface area contributed by atoms with Crippen LogP contribution < -0.4 is 0 Å². The number of rotatable bonds is 2. The van der Waals surface area contributed by atoms with Crippen LogP contribution in [0.5, 0.6) is 0 Å². The molecule has 2 aromatic heterocycles. The second-order valence-electron chi connectivity index (χ2n) is 8.56. The van der Waals surface area contributed by atoms with Crippen molar-refractivity contribution < 1.29 is 0 Å². The fourth-order valence-electron chi connectivity index (χ4n) is 5.15. The molecule has 0 amide bonds. The van der Waals surface area contributed by atoms with Crippen LogP contribution >= 0.6 is 11.6 Å². The fourth-order valence-corrected chi connectivity index (χ4v) is 5.32. The maximum absolute atomic E-state index is 6.48. The van der Waals surface area contributed by atoms with E-state index in [1.54, 1.807) is 0 Å². The van der Waals surface area contributed by atoms with E-state index in [0.29, 0.717) is 0 Å². The maximum atomic E-state index is 6.48. The van der Waals surface area contributed by atoms with Gasteiger partial charge in [-0.3, -0.25) is 0 Å². The van der Waals surface area contributed by atoms with Crippen LogP contribution in [0.3, 0.4) is 0 Å². The van der Waals surface area contributed by atoms with Gasteiger partial charge >= 0.3 is 0 Å². The summed E-state index contributed by atoms with van der Waals surface area (Å²) in [5, 5.41) is 6.57. The molecule has 2 nitrogen and oxygen atoms in total. The first kappa shape index (κ1) is 19.3. The minimum Gasteiger partial charge on any atom is -0.307 e. The van der Waals surface area contributed by atoms with Crippen LogP contribution in [0.15, 0.2) is 115 Å². The Balaban J connectivity index is 1.75. The van der Waals surface area contributed by atoms with Gasteiger partial charge < -0.3 is 4.57 Å². The zero-order chi connectivity index (χ0) is 22.6. The van der Waals surface area contributed by atoms with Crippen LogP contribution in [0.2, 0.25) is 5.02 Å². The zero-order valence-electron chi connectivity index (χ0n) is 18.2. The van der Waals surface area contributed by atoms with Gasteiger partial charge in [-0.15, -0.1) is 0 Å². The first-order valence-electron chi connectivity index (χ1n) is 11.4. The van der Waals surface area contributed by atoms with Gasteiger partial charge in [-0.25, -0.2) is 4.98 Å². The Bertz CT molecular complexity index is 1850. The average Bonchev–Trinajstić information content (AvgIpc) is 3.23. The maximum Gasteiger partial charge on any atom is 0.0962 e. The molecular weight excluding hydrogens is 436 g/mol. The Morgan fingerprint density at radius 1 is 0.559 bits per heavy atom. The molecule has 0 saturated heterocycles. The van der Waals surface area contributed by atoms with Crippen LogP contribution in [0.25, 0.3) is 60.4 Å². The Morgan fingerprint density at radius 3 is 2.00 bits per heavy atom. The zero-order valence-corrected chi connectivity index (χ0v) is 19.0. The molecule has 0 atom stereocenters. The molecule has 0 radical (unpaired) electrons. The number of pyridine rings is 1.